The van der Waals surface area contributed by atoms with Crippen LogP contribution in [0.3, 0.4) is 0 Å². The number of nitrogens with one attached hydrogen (secondary N) is 3. The third-order valence-electron chi connectivity index (χ3n) is 4.35. The van der Waals surface area contributed by atoms with Crippen LogP contribution in [-0.4, -0.2) is 30.5 Å². The highest BCUT2D eigenvalue weighted by molar-refractivity contribution is 6.36. The van der Waals surface area contributed by atoms with Gasteiger partial charge in [0, 0.05) is 17.1 Å². The minimum atomic E-state index is -0.912. The number of benzene rings is 3. The summed E-state index contributed by atoms with van der Waals surface area (Å²) in [6.45, 7) is -0.0746. The normalized spacial score (nSPS) is 10.5. The van der Waals surface area contributed by atoms with Gasteiger partial charge in [0.1, 0.15) is 5.75 Å². The first-order valence-electron chi connectivity index (χ1n) is 10.0. The van der Waals surface area contributed by atoms with Gasteiger partial charge in [0.15, 0.2) is 6.61 Å². The maximum absolute atomic E-state index is 12.2. The molecular formula is C24H20Cl2N4O4. The quantitative estimate of drug-likeness (QED) is 0.249. The number of ether oxygens (including phenoxy) is 1. The van der Waals surface area contributed by atoms with Crippen LogP contribution in [0.2, 0.25) is 10.0 Å². The second kappa shape index (κ2) is 12.4. The first-order valence-corrected chi connectivity index (χ1v) is 10.8. The van der Waals surface area contributed by atoms with E-state index in [4.69, 9.17) is 27.9 Å². The molecule has 0 bridgehead atoms. The Bertz CT molecular complexity index is 1200. The molecule has 0 aromatic heterocycles. The Kier molecular flexibility index (Phi) is 9.02. The zero-order valence-electron chi connectivity index (χ0n) is 17.8. The third kappa shape index (κ3) is 7.61. The Morgan fingerprint density at radius 2 is 1.65 bits per heavy atom. The molecule has 0 fully saturated rings. The molecule has 3 amide bonds. The van der Waals surface area contributed by atoms with Gasteiger partial charge in [-0.05, 0) is 35.9 Å². The number of hydrogen-bond donors (Lipinski definition) is 3. The lowest BCUT2D eigenvalue weighted by Crippen LogP contribution is -2.37. The predicted octanol–water partition coefficient (Wildman–Crippen LogP) is 3.78. The summed E-state index contributed by atoms with van der Waals surface area (Å²) in [6.07, 6.45) is 1.31. The monoisotopic (exact) mass is 498 g/mol. The first kappa shape index (κ1) is 24.8. The fraction of sp³-hybridized carbons (Fsp3) is 0.0833. The number of nitrogens with zero attached hydrogens (tertiary/aromatic N) is 1. The van der Waals surface area contributed by atoms with Gasteiger partial charge in [-0.2, -0.15) is 5.10 Å². The van der Waals surface area contributed by atoms with Crippen molar-refractivity contribution in [2.45, 2.75) is 6.54 Å². The molecule has 0 spiro atoms. The molecule has 0 saturated carbocycles. The van der Waals surface area contributed by atoms with Crippen LogP contribution >= 0.6 is 23.2 Å². The highest BCUT2D eigenvalue weighted by Crippen LogP contribution is 2.25. The smallest absolute Gasteiger partial charge is 0.329 e. The second-order valence-electron chi connectivity index (χ2n) is 6.87. The summed E-state index contributed by atoms with van der Waals surface area (Å²) < 4.78 is 5.56. The second-order valence-corrected chi connectivity index (χ2v) is 7.71. The van der Waals surface area contributed by atoms with Crippen molar-refractivity contribution in [2.24, 2.45) is 5.10 Å². The van der Waals surface area contributed by atoms with E-state index >= 15 is 0 Å². The molecule has 0 heterocycles. The Morgan fingerprint density at radius 3 is 2.41 bits per heavy atom. The van der Waals surface area contributed by atoms with Crippen molar-refractivity contribution in [1.29, 1.82) is 0 Å². The van der Waals surface area contributed by atoms with E-state index < -0.39 is 17.7 Å². The number of hydrazone groups is 1. The van der Waals surface area contributed by atoms with Crippen molar-refractivity contribution >= 4 is 52.8 Å². The van der Waals surface area contributed by atoms with Gasteiger partial charge >= 0.3 is 11.8 Å². The Balaban J connectivity index is 1.50. The molecule has 0 unspecified atom stereocenters. The molecule has 0 aliphatic carbocycles. The summed E-state index contributed by atoms with van der Waals surface area (Å²) in [5, 5.41) is 9.69. The summed E-state index contributed by atoms with van der Waals surface area (Å²) in [5.74, 6) is -1.81. The van der Waals surface area contributed by atoms with Gasteiger partial charge in [-0.15, -0.1) is 0 Å². The van der Waals surface area contributed by atoms with Crippen molar-refractivity contribution < 1.29 is 19.1 Å². The number of carbonyl (C=O) groups excluding carboxylic acids is 3. The van der Waals surface area contributed by atoms with Gasteiger partial charge in [0.25, 0.3) is 5.91 Å². The Hall–Kier alpha value is -3.88. The van der Waals surface area contributed by atoms with Crippen LogP contribution in [0.4, 0.5) is 5.69 Å². The minimum absolute atomic E-state index is 0.219. The van der Waals surface area contributed by atoms with Crippen molar-refractivity contribution in [1.82, 2.24) is 10.7 Å². The van der Waals surface area contributed by atoms with E-state index in [1.807, 2.05) is 30.3 Å². The molecule has 0 saturated heterocycles. The van der Waals surface area contributed by atoms with E-state index in [1.54, 1.807) is 36.4 Å². The fourth-order valence-corrected chi connectivity index (χ4v) is 3.16. The van der Waals surface area contributed by atoms with Crippen LogP contribution in [0.25, 0.3) is 0 Å². The number of anilines is 1. The number of para-hydroxylation sites is 1. The largest absolute Gasteiger partial charge is 0.483 e. The summed E-state index contributed by atoms with van der Waals surface area (Å²) in [7, 11) is 0. The molecule has 0 atom stereocenters. The Labute approximate surface area is 205 Å². The zero-order chi connectivity index (χ0) is 24.3. The zero-order valence-corrected chi connectivity index (χ0v) is 19.3. The predicted molar refractivity (Wildman–Crippen MR) is 131 cm³/mol. The molecule has 174 valence electrons. The average Bonchev–Trinajstić information content (AvgIpc) is 2.84. The van der Waals surface area contributed by atoms with E-state index in [-0.39, 0.29) is 13.2 Å². The van der Waals surface area contributed by atoms with Crippen molar-refractivity contribution in [3.63, 3.8) is 0 Å². The van der Waals surface area contributed by atoms with Gasteiger partial charge in [0.05, 0.1) is 16.9 Å². The number of amides is 3. The number of halogens is 2. The lowest BCUT2D eigenvalue weighted by molar-refractivity contribution is -0.139. The summed E-state index contributed by atoms with van der Waals surface area (Å²) in [4.78, 5) is 36.1. The van der Waals surface area contributed by atoms with Gasteiger partial charge in [0.2, 0.25) is 0 Å². The topological polar surface area (TPSA) is 109 Å². The van der Waals surface area contributed by atoms with Crippen LogP contribution in [-0.2, 0) is 20.9 Å². The molecular weight excluding hydrogens is 479 g/mol. The maximum Gasteiger partial charge on any atom is 0.329 e. The van der Waals surface area contributed by atoms with Crippen molar-refractivity contribution in [3.05, 3.63) is 94.0 Å². The third-order valence-corrected chi connectivity index (χ3v) is 4.90. The lowest BCUT2D eigenvalue weighted by atomic mass is 10.2. The summed E-state index contributed by atoms with van der Waals surface area (Å²) in [6, 6.07) is 20.7. The lowest BCUT2D eigenvalue weighted by Gasteiger charge is -2.10. The maximum atomic E-state index is 12.2. The van der Waals surface area contributed by atoms with E-state index in [9.17, 15) is 14.4 Å². The minimum Gasteiger partial charge on any atom is -0.483 e. The standard InChI is InChI=1S/C24H20Cl2N4O4/c25-18-10-11-20(19(26)12-18)29-22(31)15-34-21-9-5-4-8-17(21)14-28-30-24(33)23(32)27-13-16-6-2-1-3-7-16/h1-12,14H,13,15H2,(H,27,32)(H,29,31)(H,30,33)/b28-14-. The number of carbonyl (C=O) groups is 3. The van der Waals surface area contributed by atoms with Crippen LogP contribution in [0.5, 0.6) is 5.75 Å². The van der Waals surface area contributed by atoms with Gasteiger partial charge in [-0.25, -0.2) is 5.43 Å². The van der Waals surface area contributed by atoms with E-state index in [0.717, 1.165) is 5.56 Å². The summed E-state index contributed by atoms with van der Waals surface area (Å²) >= 11 is 11.9. The molecule has 0 aliphatic heterocycles. The molecule has 10 heteroatoms. The SMILES string of the molecule is O=C(COc1ccccc1/C=N\NC(=O)C(=O)NCc1ccccc1)Nc1ccc(Cl)cc1Cl. The summed E-state index contributed by atoms with van der Waals surface area (Å²) in [5.41, 5.74) is 3.92. The van der Waals surface area contributed by atoms with Gasteiger partial charge < -0.3 is 15.4 Å². The number of rotatable bonds is 8. The van der Waals surface area contributed by atoms with E-state index in [0.29, 0.717) is 27.0 Å². The molecule has 34 heavy (non-hydrogen) atoms. The Morgan fingerprint density at radius 1 is 0.912 bits per heavy atom. The van der Waals surface area contributed by atoms with Crippen LogP contribution in [0, 0.1) is 0 Å². The van der Waals surface area contributed by atoms with Crippen LogP contribution < -0.4 is 20.8 Å². The fourth-order valence-electron chi connectivity index (χ4n) is 2.71. The van der Waals surface area contributed by atoms with Crippen LogP contribution in [0.15, 0.2) is 77.9 Å². The van der Waals surface area contributed by atoms with Crippen molar-refractivity contribution in [2.75, 3.05) is 11.9 Å². The van der Waals surface area contributed by atoms with Crippen molar-refractivity contribution in [3.8, 4) is 5.75 Å². The highest BCUT2D eigenvalue weighted by Gasteiger charge is 2.12. The molecule has 3 rings (SSSR count). The molecule has 3 aromatic carbocycles. The van der Waals surface area contributed by atoms with Crippen LogP contribution in [0.1, 0.15) is 11.1 Å². The average molecular weight is 499 g/mol. The molecule has 3 N–H and O–H groups in total. The van der Waals surface area contributed by atoms with Gasteiger partial charge in [-0.1, -0.05) is 65.7 Å². The molecule has 0 radical (unpaired) electrons. The first-order chi connectivity index (χ1) is 16.4. The molecule has 8 nitrogen and oxygen atoms in total. The number of hydrogen-bond acceptors (Lipinski definition) is 5. The molecule has 3 aromatic rings. The van der Waals surface area contributed by atoms with E-state index in [2.05, 4.69) is 21.2 Å². The highest BCUT2D eigenvalue weighted by atomic mass is 35.5. The van der Waals surface area contributed by atoms with E-state index in [1.165, 1.54) is 12.3 Å². The van der Waals surface area contributed by atoms with Gasteiger partial charge in [-0.3, -0.25) is 14.4 Å². The molecule has 0 aliphatic rings.